The molecular formula is C19H14IrN4-2. The molecule has 0 aliphatic heterocycles. The Morgan fingerprint density at radius 3 is 2.04 bits per heavy atom. The Morgan fingerprint density at radius 2 is 1.50 bits per heavy atom. The van der Waals surface area contributed by atoms with Crippen LogP contribution in [0.15, 0.2) is 85.6 Å². The zero-order valence-electron chi connectivity index (χ0n) is 12.7. The van der Waals surface area contributed by atoms with E-state index in [1.807, 2.05) is 60.7 Å². The first-order valence-electron chi connectivity index (χ1n) is 7.16. The molecule has 4 rings (SSSR count). The molecule has 0 saturated carbocycles. The van der Waals surface area contributed by atoms with Crippen LogP contribution in [0.2, 0.25) is 0 Å². The number of hydrogen-bond acceptors (Lipinski definition) is 3. The van der Waals surface area contributed by atoms with Crippen LogP contribution in [0, 0.1) is 6.07 Å². The molecule has 0 aliphatic carbocycles. The SMILES string of the molecule is [Ir].[c-]1ccccc1-c1ccccn1.c1ccc(-c2cnc[n-]2)nc1. The van der Waals surface area contributed by atoms with Crippen molar-refractivity contribution in [1.29, 1.82) is 0 Å². The van der Waals surface area contributed by atoms with E-state index in [4.69, 9.17) is 0 Å². The molecule has 24 heavy (non-hydrogen) atoms. The van der Waals surface area contributed by atoms with Crippen molar-refractivity contribution in [3.05, 3.63) is 91.6 Å². The van der Waals surface area contributed by atoms with Crippen LogP contribution in [-0.4, -0.2) is 15.0 Å². The number of imidazole rings is 1. The van der Waals surface area contributed by atoms with E-state index in [1.54, 1.807) is 18.6 Å². The number of hydrogen-bond donors (Lipinski definition) is 0. The maximum absolute atomic E-state index is 4.22. The van der Waals surface area contributed by atoms with Gasteiger partial charge >= 0.3 is 0 Å². The molecule has 0 saturated heterocycles. The van der Waals surface area contributed by atoms with Gasteiger partial charge in [-0.05, 0) is 29.6 Å². The number of rotatable bonds is 2. The maximum Gasteiger partial charge on any atom is 0.0657 e. The Labute approximate surface area is 154 Å². The topological polar surface area (TPSA) is 52.8 Å². The summed E-state index contributed by atoms with van der Waals surface area (Å²) in [5.74, 6) is 0. The fourth-order valence-electron chi connectivity index (χ4n) is 1.95. The molecule has 4 aromatic rings. The Morgan fingerprint density at radius 1 is 0.792 bits per heavy atom. The van der Waals surface area contributed by atoms with Gasteiger partial charge < -0.3 is 15.0 Å². The molecule has 121 valence electrons. The van der Waals surface area contributed by atoms with Crippen molar-refractivity contribution >= 4 is 0 Å². The van der Waals surface area contributed by atoms with Crippen LogP contribution in [0.1, 0.15) is 0 Å². The predicted molar refractivity (Wildman–Crippen MR) is 89.3 cm³/mol. The Bertz CT molecular complexity index is 766. The summed E-state index contributed by atoms with van der Waals surface area (Å²) in [7, 11) is 0. The van der Waals surface area contributed by atoms with Crippen molar-refractivity contribution in [2.75, 3.05) is 0 Å². The molecule has 0 atom stereocenters. The van der Waals surface area contributed by atoms with E-state index >= 15 is 0 Å². The van der Waals surface area contributed by atoms with E-state index in [9.17, 15) is 0 Å². The van der Waals surface area contributed by atoms with Gasteiger partial charge in [0.2, 0.25) is 0 Å². The van der Waals surface area contributed by atoms with Crippen LogP contribution in [0.4, 0.5) is 0 Å². The summed E-state index contributed by atoms with van der Waals surface area (Å²) in [6.45, 7) is 0. The van der Waals surface area contributed by atoms with Gasteiger partial charge in [-0.3, -0.25) is 4.98 Å². The second-order valence-corrected chi connectivity index (χ2v) is 4.61. The van der Waals surface area contributed by atoms with Crippen LogP contribution in [0.3, 0.4) is 0 Å². The van der Waals surface area contributed by atoms with Crippen molar-refractivity contribution in [3.63, 3.8) is 0 Å². The first-order chi connectivity index (χ1) is 11.4. The molecule has 0 unspecified atom stereocenters. The summed E-state index contributed by atoms with van der Waals surface area (Å²) >= 11 is 0. The number of pyridine rings is 2. The van der Waals surface area contributed by atoms with Gasteiger partial charge in [0.25, 0.3) is 0 Å². The van der Waals surface area contributed by atoms with E-state index < -0.39 is 0 Å². The third-order valence-electron chi connectivity index (χ3n) is 3.04. The number of nitrogens with zero attached hydrogens (tertiary/aromatic N) is 4. The van der Waals surface area contributed by atoms with Crippen molar-refractivity contribution in [2.24, 2.45) is 0 Å². The molecule has 0 bridgehead atoms. The molecule has 0 spiro atoms. The van der Waals surface area contributed by atoms with Gasteiger partial charge in [0.1, 0.15) is 0 Å². The van der Waals surface area contributed by atoms with Crippen LogP contribution >= 0.6 is 0 Å². The van der Waals surface area contributed by atoms with Crippen molar-refractivity contribution in [3.8, 4) is 22.6 Å². The first-order valence-corrected chi connectivity index (χ1v) is 7.16. The molecule has 0 aliphatic rings. The second kappa shape index (κ2) is 9.50. The fraction of sp³-hybridized carbons (Fsp3) is 0. The van der Waals surface area contributed by atoms with Crippen LogP contribution in [-0.2, 0) is 20.1 Å². The Hall–Kier alpha value is -2.62. The first kappa shape index (κ1) is 17.7. The van der Waals surface area contributed by atoms with E-state index in [1.165, 1.54) is 6.33 Å². The van der Waals surface area contributed by atoms with Crippen molar-refractivity contribution in [1.82, 2.24) is 19.9 Å². The minimum absolute atomic E-state index is 0. The van der Waals surface area contributed by atoms with E-state index in [-0.39, 0.29) is 20.1 Å². The standard InChI is InChI=1S/C11H8N.C8H6N3.Ir/c1-2-6-10(7-3-1)11-8-4-5-9-12-11;1-2-4-10-7(3-1)8-5-9-6-11-8;/h1-6,8-9H;1-6H;/q2*-1;. The molecule has 4 nitrogen and oxygen atoms in total. The normalized spacial score (nSPS) is 9.33. The Kier molecular flexibility index (Phi) is 7.02. The van der Waals surface area contributed by atoms with Gasteiger partial charge in [-0.1, -0.05) is 30.7 Å². The fourth-order valence-corrected chi connectivity index (χ4v) is 1.95. The van der Waals surface area contributed by atoms with Gasteiger partial charge in [0, 0.05) is 32.5 Å². The zero-order valence-corrected chi connectivity index (χ0v) is 15.1. The van der Waals surface area contributed by atoms with Crippen LogP contribution < -0.4 is 4.98 Å². The molecule has 1 aromatic carbocycles. The molecule has 0 N–H and O–H groups in total. The summed E-state index contributed by atoms with van der Waals surface area (Å²) in [6.07, 6.45) is 6.74. The number of aromatic nitrogens is 4. The smallest absolute Gasteiger partial charge is 0.0657 e. The monoisotopic (exact) mass is 491 g/mol. The van der Waals surface area contributed by atoms with Crippen LogP contribution in [0.5, 0.6) is 0 Å². The average molecular weight is 491 g/mol. The summed E-state index contributed by atoms with van der Waals surface area (Å²) in [5.41, 5.74) is 3.70. The van der Waals surface area contributed by atoms with Gasteiger partial charge in [-0.2, -0.15) is 0 Å². The zero-order chi connectivity index (χ0) is 15.7. The summed E-state index contributed by atoms with van der Waals surface area (Å²) in [4.78, 5) is 16.2. The van der Waals surface area contributed by atoms with Crippen molar-refractivity contribution in [2.45, 2.75) is 0 Å². The molecule has 5 heteroatoms. The molecule has 3 aromatic heterocycles. The van der Waals surface area contributed by atoms with Crippen LogP contribution in [0.25, 0.3) is 22.6 Å². The minimum Gasteiger partial charge on any atom is -0.449 e. The third-order valence-corrected chi connectivity index (χ3v) is 3.04. The minimum atomic E-state index is 0. The molecule has 1 radical (unpaired) electrons. The van der Waals surface area contributed by atoms with E-state index in [0.717, 1.165) is 22.6 Å². The average Bonchev–Trinajstić information content (AvgIpc) is 3.19. The van der Waals surface area contributed by atoms with E-state index in [0.29, 0.717) is 0 Å². The summed E-state index contributed by atoms with van der Waals surface area (Å²) < 4.78 is 0. The number of benzene rings is 1. The van der Waals surface area contributed by atoms with Gasteiger partial charge in [0.15, 0.2) is 0 Å². The predicted octanol–water partition coefficient (Wildman–Crippen LogP) is 3.65. The molecule has 0 fully saturated rings. The third kappa shape index (κ3) is 4.95. The largest absolute Gasteiger partial charge is 0.449 e. The summed E-state index contributed by atoms with van der Waals surface area (Å²) in [5, 5.41) is 0. The molecule has 3 heterocycles. The second-order valence-electron chi connectivity index (χ2n) is 4.61. The Balaban J connectivity index is 0.000000167. The van der Waals surface area contributed by atoms with E-state index in [2.05, 4.69) is 26.0 Å². The van der Waals surface area contributed by atoms with Crippen molar-refractivity contribution < 1.29 is 20.1 Å². The molecule has 0 amide bonds. The maximum atomic E-state index is 4.22. The van der Waals surface area contributed by atoms with Gasteiger partial charge in [0.05, 0.1) is 5.69 Å². The summed E-state index contributed by atoms with van der Waals surface area (Å²) in [6, 6.07) is 22.5. The quantitative estimate of drug-likeness (QED) is 0.403. The van der Waals surface area contributed by atoms with Gasteiger partial charge in [-0.25, -0.2) is 0 Å². The molecular weight excluding hydrogens is 476 g/mol. The van der Waals surface area contributed by atoms with Gasteiger partial charge in [-0.15, -0.1) is 35.9 Å².